The molecule has 0 heterocycles. The summed E-state index contributed by atoms with van der Waals surface area (Å²) in [4.78, 5) is 22.8. The molecule has 0 saturated heterocycles. The van der Waals surface area contributed by atoms with E-state index in [0.717, 1.165) is 6.42 Å². The van der Waals surface area contributed by atoms with Crippen LogP contribution in [-0.4, -0.2) is 17.7 Å². The van der Waals surface area contributed by atoms with Crippen molar-refractivity contribution < 1.29 is 14.3 Å². The third-order valence-corrected chi connectivity index (χ3v) is 3.30. The maximum absolute atomic E-state index is 11.5. The quantitative estimate of drug-likeness (QED) is 0.706. The van der Waals surface area contributed by atoms with E-state index in [0.29, 0.717) is 24.2 Å². The molecule has 3 nitrogen and oxygen atoms in total. The molecule has 1 aliphatic carbocycles. The highest BCUT2D eigenvalue weighted by Crippen LogP contribution is 2.24. The number of Topliss-reactive ketones (excluding diaryl/α,β-unsaturated/α-hetero) is 1. The average Bonchev–Trinajstić information content (AvgIpc) is 2.39. The second-order valence-corrected chi connectivity index (χ2v) is 4.91. The van der Waals surface area contributed by atoms with Crippen molar-refractivity contribution in [2.75, 3.05) is 0 Å². The summed E-state index contributed by atoms with van der Waals surface area (Å²) < 4.78 is 5.87. The molecule has 2 unspecified atom stereocenters. The van der Waals surface area contributed by atoms with Crippen molar-refractivity contribution in [3.63, 3.8) is 0 Å². The largest absolute Gasteiger partial charge is 0.489 e. The van der Waals surface area contributed by atoms with Crippen LogP contribution in [0.4, 0.5) is 0 Å². The van der Waals surface area contributed by atoms with Crippen LogP contribution in [0.1, 0.15) is 40.0 Å². The van der Waals surface area contributed by atoms with Gasteiger partial charge in [-0.3, -0.25) is 9.59 Å². The molecule has 0 amide bonds. The van der Waals surface area contributed by atoms with E-state index in [1.807, 2.05) is 20.8 Å². The lowest BCUT2D eigenvalue weighted by Gasteiger charge is -2.26. The van der Waals surface area contributed by atoms with Gasteiger partial charge in [-0.2, -0.15) is 0 Å². The average molecular weight is 262 g/mol. The topological polar surface area (TPSA) is 43.4 Å². The fraction of sp³-hybridized carbons (Fsp3) is 0.500. The van der Waals surface area contributed by atoms with Crippen molar-refractivity contribution in [3.05, 3.63) is 36.1 Å². The Balaban J connectivity index is 2.69. The summed E-state index contributed by atoms with van der Waals surface area (Å²) in [5.74, 6) is 0.804. The molecule has 1 rings (SSSR count). The second kappa shape index (κ2) is 7.07. The van der Waals surface area contributed by atoms with Gasteiger partial charge in [-0.1, -0.05) is 27.4 Å². The van der Waals surface area contributed by atoms with Gasteiger partial charge in [0.15, 0.2) is 5.78 Å². The highest BCUT2D eigenvalue weighted by Gasteiger charge is 2.22. The fourth-order valence-electron chi connectivity index (χ4n) is 2.04. The van der Waals surface area contributed by atoms with Crippen LogP contribution in [0.5, 0.6) is 0 Å². The van der Waals surface area contributed by atoms with Crippen molar-refractivity contribution in [1.82, 2.24) is 0 Å². The van der Waals surface area contributed by atoms with Crippen LogP contribution in [0.3, 0.4) is 0 Å². The molecule has 19 heavy (non-hydrogen) atoms. The first-order valence-corrected chi connectivity index (χ1v) is 6.79. The van der Waals surface area contributed by atoms with Gasteiger partial charge in [0.05, 0.1) is 0 Å². The molecule has 2 atom stereocenters. The second-order valence-electron chi connectivity index (χ2n) is 4.91. The van der Waals surface area contributed by atoms with Crippen LogP contribution in [-0.2, 0) is 14.3 Å². The molecule has 1 aliphatic rings. The normalized spacial score (nSPS) is 17.9. The molecular weight excluding hydrogens is 240 g/mol. The van der Waals surface area contributed by atoms with Crippen molar-refractivity contribution >= 4 is 11.6 Å². The van der Waals surface area contributed by atoms with Crippen molar-refractivity contribution in [2.45, 2.75) is 46.1 Å². The van der Waals surface area contributed by atoms with E-state index in [-0.39, 0.29) is 23.6 Å². The van der Waals surface area contributed by atoms with Gasteiger partial charge in [-0.25, -0.2) is 0 Å². The molecule has 0 aromatic carbocycles. The van der Waals surface area contributed by atoms with E-state index in [4.69, 9.17) is 4.74 Å². The van der Waals surface area contributed by atoms with Crippen LogP contribution in [0.25, 0.3) is 0 Å². The number of hydrogen-bond donors (Lipinski definition) is 0. The molecule has 0 radical (unpaired) electrons. The molecule has 104 valence electrons. The first-order valence-electron chi connectivity index (χ1n) is 6.79. The number of carbonyl (C=O) groups is 2. The van der Waals surface area contributed by atoms with Gasteiger partial charge in [0.1, 0.15) is 17.6 Å². The van der Waals surface area contributed by atoms with Gasteiger partial charge in [-0.15, -0.1) is 0 Å². The minimum Gasteiger partial charge on any atom is -0.489 e. The summed E-state index contributed by atoms with van der Waals surface area (Å²) in [5, 5.41) is 0. The lowest BCUT2D eigenvalue weighted by molar-refractivity contribution is -0.120. The Bertz CT molecular complexity index is 429. The number of hydrogen-bond acceptors (Lipinski definition) is 3. The van der Waals surface area contributed by atoms with Crippen molar-refractivity contribution in [1.29, 1.82) is 0 Å². The third-order valence-electron chi connectivity index (χ3n) is 3.30. The van der Waals surface area contributed by atoms with Crippen molar-refractivity contribution in [2.24, 2.45) is 5.92 Å². The van der Waals surface area contributed by atoms with Gasteiger partial charge in [0.2, 0.25) is 0 Å². The number of ketones is 2. The standard InChI is InChI=1S/C16H22O3/c1-5-13(17)9-12(4)15(6-2)19-16-10-14(18)8-7-11(16)3/h7-8,10,12,15H,3,5-6,9H2,1-2,4H3. The molecule has 0 spiro atoms. The summed E-state index contributed by atoms with van der Waals surface area (Å²) in [6.45, 7) is 9.74. The molecule has 0 aliphatic heterocycles. The Hall–Kier alpha value is -1.64. The van der Waals surface area contributed by atoms with E-state index in [2.05, 4.69) is 6.58 Å². The van der Waals surface area contributed by atoms with Gasteiger partial charge in [-0.05, 0) is 24.5 Å². The van der Waals surface area contributed by atoms with Gasteiger partial charge in [0.25, 0.3) is 0 Å². The van der Waals surface area contributed by atoms with E-state index in [1.54, 1.807) is 6.08 Å². The number of allylic oxidation sites excluding steroid dienone is 3. The van der Waals surface area contributed by atoms with E-state index < -0.39 is 0 Å². The molecule has 0 fully saturated rings. The minimum atomic E-state index is -0.0884. The first-order chi connectivity index (χ1) is 8.97. The summed E-state index contributed by atoms with van der Waals surface area (Å²) in [6, 6.07) is 0. The predicted molar refractivity (Wildman–Crippen MR) is 75.6 cm³/mol. The van der Waals surface area contributed by atoms with Crippen LogP contribution in [0.2, 0.25) is 0 Å². The molecule has 0 aromatic rings. The Kier molecular flexibility index (Phi) is 5.74. The van der Waals surface area contributed by atoms with E-state index in [9.17, 15) is 9.59 Å². The van der Waals surface area contributed by atoms with E-state index in [1.165, 1.54) is 12.2 Å². The minimum absolute atomic E-state index is 0.0715. The number of carbonyl (C=O) groups excluding carboxylic acids is 2. The number of rotatable bonds is 7. The maximum atomic E-state index is 11.5. The zero-order valence-corrected chi connectivity index (χ0v) is 11.9. The predicted octanol–water partition coefficient (Wildman–Crippen LogP) is 3.37. The Morgan fingerprint density at radius 3 is 2.63 bits per heavy atom. The zero-order chi connectivity index (χ0) is 14.4. The van der Waals surface area contributed by atoms with Gasteiger partial charge < -0.3 is 4.74 Å². The third kappa shape index (κ3) is 4.51. The number of ether oxygens (including phenoxy) is 1. The lowest BCUT2D eigenvalue weighted by atomic mass is 9.95. The molecule has 0 bridgehead atoms. The molecule has 3 heteroatoms. The van der Waals surface area contributed by atoms with Crippen LogP contribution in [0.15, 0.2) is 36.1 Å². The summed E-state index contributed by atoms with van der Waals surface area (Å²) in [7, 11) is 0. The zero-order valence-electron chi connectivity index (χ0n) is 11.9. The molecule has 0 N–H and O–H groups in total. The fourth-order valence-corrected chi connectivity index (χ4v) is 2.04. The lowest BCUT2D eigenvalue weighted by Crippen LogP contribution is -2.24. The van der Waals surface area contributed by atoms with Crippen molar-refractivity contribution in [3.8, 4) is 0 Å². The Morgan fingerprint density at radius 1 is 1.37 bits per heavy atom. The van der Waals surface area contributed by atoms with Crippen LogP contribution < -0.4 is 0 Å². The maximum Gasteiger partial charge on any atom is 0.182 e. The smallest absolute Gasteiger partial charge is 0.182 e. The SMILES string of the molecule is C=C1C=CC(=O)C=C1OC(CC)C(C)CC(=O)CC. The van der Waals surface area contributed by atoms with E-state index >= 15 is 0 Å². The highest BCUT2D eigenvalue weighted by molar-refractivity contribution is 6.01. The molecule has 0 aromatic heterocycles. The Morgan fingerprint density at radius 2 is 2.05 bits per heavy atom. The van der Waals surface area contributed by atoms with Crippen LogP contribution >= 0.6 is 0 Å². The molecule has 0 saturated carbocycles. The summed E-state index contributed by atoms with van der Waals surface area (Å²) in [5.41, 5.74) is 0.701. The van der Waals surface area contributed by atoms with Crippen LogP contribution in [0, 0.1) is 5.92 Å². The molecular formula is C16H22O3. The van der Waals surface area contributed by atoms with Gasteiger partial charge in [0, 0.05) is 24.5 Å². The summed E-state index contributed by atoms with van der Waals surface area (Å²) >= 11 is 0. The van der Waals surface area contributed by atoms with Gasteiger partial charge >= 0.3 is 0 Å². The summed E-state index contributed by atoms with van der Waals surface area (Å²) in [6.07, 6.45) is 6.38. The Labute approximate surface area is 115 Å². The highest BCUT2D eigenvalue weighted by atomic mass is 16.5. The monoisotopic (exact) mass is 262 g/mol. The first kappa shape index (κ1) is 15.4.